The number of nitrogens with zero attached hydrogens (tertiary/aromatic N) is 1. The minimum atomic E-state index is 0.142. The van der Waals surface area contributed by atoms with Gasteiger partial charge in [0.05, 0.1) is 6.04 Å². The Balaban J connectivity index is 2.41. The number of hydrogen-bond acceptors (Lipinski definition) is 3. The average molecular weight is 215 g/mol. The Morgan fingerprint density at radius 2 is 2.00 bits per heavy atom. The van der Waals surface area contributed by atoms with E-state index in [2.05, 4.69) is 4.90 Å². The zero-order valence-corrected chi connectivity index (χ0v) is 10.3. The molecule has 3 heteroatoms. The van der Waals surface area contributed by atoms with Crippen LogP contribution in [0, 0.1) is 5.92 Å². The second-order valence-electron chi connectivity index (χ2n) is 4.38. The summed E-state index contributed by atoms with van der Waals surface area (Å²) in [6.45, 7) is 1.71. The fraction of sp³-hybridized carbons (Fsp3) is 0.909. The third kappa shape index (κ3) is 3.62. The lowest BCUT2D eigenvalue weighted by atomic mass is 9.92. The minimum absolute atomic E-state index is 0.142. The van der Waals surface area contributed by atoms with Crippen molar-refractivity contribution < 1.29 is 4.79 Å². The third-order valence-electron chi connectivity index (χ3n) is 2.99. The van der Waals surface area contributed by atoms with Crippen molar-refractivity contribution in [2.75, 3.05) is 25.6 Å². The van der Waals surface area contributed by atoms with Crippen LogP contribution >= 0.6 is 11.8 Å². The smallest absolute Gasteiger partial charge is 0.146 e. The van der Waals surface area contributed by atoms with Gasteiger partial charge in [-0.15, -0.1) is 0 Å². The Morgan fingerprint density at radius 3 is 2.43 bits per heavy atom. The molecular formula is C11H21NOS. The highest BCUT2D eigenvalue weighted by molar-refractivity contribution is 7.99. The Labute approximate surface area is 91.4 Å². The maximum Gasteiger partial charge on any atom is 0.146 e. The minimum Gasteiger partial charge on any atom is -0.300 e. The molecule has 1 atom stereocenters. The highest BCUT2D eigenvalue weighted by Gasteiger charge is 2.23. The molecule has 0 aromatic rings. The molecule has 1 saturated heterocycles. The average Bonchev–Trinajstić information content (AvgIpc) is 2.15. The molecule has 0 aromatic carbocycles. The van der Waals surface area contributed by atoms with Gasteiger partial charge in [-0.2, -0.15) is 11.8 Å². The summed E-state index contributed by atoms with van der Waals surface area (Å²) in [5, 5.41) is 0. The van der Waals surface area contributed by atoms with Gasteiger partial charge in [0.15, 0.2) is 0 Å². The molecule has 1 heterocycles. The summed E-state index contributed by atoms with van der Waals surface area (Å²) in [7, 11) is 4.01. The fourth-order valence-corrected chi connectivity index (χ4v) is 3.24. The van der Waals surface area contributed by atoms with Crippen LogP contribution in [0.3, 0.4) is 0 Å². The Hall–Kier alpha value is -0.0200. The van der Waals surface area contributed by atoms with E-state index >= 15 is 0 Å². The second kappa shape index (κ2) is 5.76. The number of carbonyl (C=O) groups is 1. The van der Waals surface area contributed by atoms with Gasteiger partial charge in [-0.3, -0.25) is 9.69 Å². The van der Waals surface area contributed by atoms with Crippen LogP contribution in [-0.4, -0.2) is 42.3 Å². The topological polar surface area (TPSA) is 20.3 Å². The first-order valence-corrected chi connectivity index (χ1v) is 6.51. The maximum atomic E-state index is 11.4. The molecule has 0 spiro atoms. The molecule has 1 rings (SSSR count). The Kier molecular flexibility index (Phi) is 4.96. The van der Waals surface area contributed by atoms with Crippen LogP contribution in [0.4, 0.5) is 0 Å². The summed E-state index contributed by atoms with van der Waals surface area (Å²) in [4.78, 5) is 13.5. The van der Waals surface area contributed by atoms with E-state index in [-0.39, 0.29) is 6.04 Å². The molecule has 1 aliphatic rings. The molecule has 0 radical (unpaired) electrons. The molecule has 1 unspecified atom stereocenters. The zero-order valence-electron chi connectivity index (χ0n) is 9.45. The van der Waals surface area contributed by atoms with Crippen molar-refractivity contribution in [3.05, 3.63) is 0 Å². The van der Waals surface area contributed by atoms with Gasteiger partial charge in [0.2, 0.25) is 0 Å². The molecule has 2 nitrogen and oxygen atoms in total. The molecule has 0 amide bonds. The summed E-state index contributed by atoms with van der Waals surface area (Å²) in [5.41, 5.74) is 0. The number of hydrogen-bond donors (Lipinski definition) is 0. The van der Waals surface area contributed by atoms with Gasteiger partial charge in [-0.25, -0.2) is 0 Å². The molecule has 82 valence electrons. The lowest BCUT2D eigenvalue weighted by Gasteiger charge is -2.28. The highest BCUT2D eigenvalue weighted by atomic mass is 32.2. The molecule has 0 aliphatic carbocycles. The summed E-state index contributed by atoms with van der Waals surface area (Å²) in [5.74, 6) is 3.65. The van der Waals surface area contributed by atoms with E-state index in [9.17, 15) is 4.79 Å². The summed E-state index contributed by atoms with van der Waals surface area (Å²) < 4.78 is 0. The predicted octanol–water partition coefficient (Wildman–Crippen LogP) is 2.04. The van der Waals surface area contributed by atoms with Gasteiger partial charge >= 0.3 is 0 Å². The van der Waals surface area contributed by atoms with Crippen LogP contribution in [0.25, 0.3) is 0 Å². The monoisotopic (exact) mass is 215 g/mol. The lowest BCUT2D eigenvalue weighted by Crippen LogP contribution is -2.36. The maximum absolute atomic E-state index is 11.4. The van der Waals surface area contributed by atoms with Crippen molar-refractivity contribution in [1.29, 1.82) is 0 Å². The van der Waals surface area contributed by atoms with Crippen LogP contribution in [-0.2, 0) is 4.79 Å². The van der Waals surface area contributed by atoms with Crippen LogP contribution in [0.2, 0.25) is 0 Å². The quantitative estimate of drug-likeness (QED) is 0.716. The van der Waals surface area contributed by atoms with E-state index in [1.165, 1.54) is 24.3 Å². The van der Waals surface area contributed by atoms with E-state index in [1.54, 1.807) is 6.92 Å². The van der Waals surface area contributed by atoms with Crippen molar-refractivity contribution in [3.63, 3.8) is 0 Å². The molecule has 0 aromatic heterocycles. The predicted molar refractivity (Wildman–Crippen MR) is 62.8 cm³/mol. The Bertz CT molecular complexity index is 188. The van der Waals surface area contributed by atoms with E-state index in [1.807, 2.05) is 25.9 Å². The van der Waals surface area contributed by atoms with Crippen LogP contribution in [0.5, 0.6) is 0 Å². The van der Waals surface area contributed by atoms with Crippen LogP contribution in [0.1, 0.15) is 26.2 Å². The standard InChI is InChI=1S/C11H21NOS/c1-9(13)11(12(2)3)8-10-4-6-14-7-5-10/h10-11H,4-8H2,1-3H3. The first-order chi connectivity index (χ1) is 6.61. The van der Waals surface area contributed by atoms with Gasteiger partial charge in [0.1, 0.15) is 5.78 Å². The number of carbonyl (C=O) groups excluding carboxylic acids is 1. The van der Waals surface area contributed by atoms with Crippen LogP contribution < -0.4 is 0 Å². The molecular weight excluding hydrogens is 194 g/mol. The largest absolute Gasteiger partial charge is 0.300 e. The van der Waals surface area contributed by atoms with E-state index in [0.717, 1.165) is 12.3 Å². The first kappa shape index (κ1) is 12.1. The number of Topliss-reactive ketones (excluding diaryl/α,β-unsaturated/α-hetero) is 1. The number of ketones is 1. The SMILES string of the molecule is CC(=O)C(CC1CCSCC1)N(C)C. The van der Waals surface area contributed by atoms with Crippen molar-refractivity contribution in [2.24, 2.45) is 5.92 Å². The molecule has 0 N–H and O–H groups in total. The van der Waals surface area contributed by atoms with Gasteiger partial charge in [0, 0.05) is 0 Å². The number of thioether (sulfide) groups is 1. The number of rotatable bonds is 4. The van der Waals surface area contributed by atoms with Gasteiger partial charge < -0.3 is 0 Å². The highest BCUT2D eigenvalue weighted by Crippen LogP contribution is 2.27. The summed E-state index contributed by atoms with van der Waals surface area (Å²) >= 11 is 2.04. The molecule has 1 aliphatic heterocycles. The lowest BCUT2D eigenvalue weighted by molar-refractivity contribution is -0.121. The van der Waals surface area contributed by atoms with Crippen molar-refractivity contribution in [1.82, 2.24) is 4.90 Å². The Morgan fingerprint density at radius 1 is 1.43 bits per heavy atom. The van der Waals surface area contributed by atoms with Gasteiger partial charge in [-0.05, 0) is 57.7 Å². The third-order valence-corrected chi connectivity index (χ3v) is 4.04. The van der Waals surface area contributed by atoms with Crippen molar-refractivity contribution >= 4 is 17.5 Å². The fourth-order valence-electron chi connectivity index (χ4n) is 2.04. The van der Waals surface area contributed by atoms with E-state index in [0.29, 0.717) is 5.78 Å². The van der Waals surface area contributed by atoms with E-state index in [4.69, 9.17) is 0 Å². The molecule has 0 bridgehead atoms. The van der Waals surface area contributed by atoms with E-state index < -0.39 is 0 Å². The van der Waals surface area contributed by atoms with Gasteiger partial charge in [0.25, 0.3) is 0 Å². The second-order valence-corrected chi connectivity index (χ2v) is 5.61. The van der Waals surface area contributed by atoms with Gasteiger partial charge in [-0.1, -0.05) is 0 Å². The molecule has 0 saturated carbocycles. The summed E-state index contributed by atoms with van der Waals surface area (Å²) in [6.07, 6.45) is 3.65. The summed E-state index contributed by atoms with van der Waals surface area (Å²) in [6, 6.07) is 0.142. The zero-order chi connectivity index (χ0) is 10.6. The molecule has 14 heavy (non-hydrogen) atoms. The first-order valence-electron chi connectivity index (χ1n) is 5.36. The number of likely N-dealkylation sites (N-methyl/N-ethyl adjacent to an activating group) is 1. The van der Waals surface area contributed by atoms with Crippen molar-refractivity contribution in [2.45, 2.75) is 32.2 Å². The van der Waals surface area contributed by atoms with Crippen molar-refractivity contribution in [3.8, 4) is 0 Å². The van der Waals surface area contributed by atoms with Crippen LogP contribution in [0.15, 0.2) is 0 Å². The molecule has 1 fully saturated rings. The normalized spacial score (nSPS) is 21.1.